The van der Waals surface area contributed by atoms with Gasteiger partial charge in [-0.05, 0) is 178 Å². The maximum atomic E-state index is 7.01. The van der Waals surface area contributed by atoms with E-state index in [4.69, 9.17) is 4.42 Å². The van der Waals surface area contributed by atoms with E-state index in [0.29, 0.717) is 0 Å². The number of fused-ring (bicyclic) bond motifs is 13. The first-order valence-electron chi connectivity index (χ1n) is 32.9. The van der Waals surface area contributed by atoms with Crippen LogP contribution in [0.25, 0.3) is 133 Å². The van der Waals surface area contributed by atoms with Crippen LogP contribution in [-0.4, -0.2) is 9.13 Å². The smallest absolute Gasteiger partial charge is 0.160 e. The molecule has 0 saturated carbocycles. The van der Waals surface area contributed by atoms with E-state index in [2.05, 4.69) is 267 Å². The van der Waals surface area contributed by atoms with Crippen LogP contribution in [0.1, 0.15) is 126 Å². The summed E-state index contributed by atoms with van der Waals surface area (Å²) in [6.07, 6.45) is 17.8. The van der Waals surface area contributed by atoms with Gasteiger partial charge in [0, 0.05) is 49.1 Å². The van der Waals surface area contributed by atoms with Crippen LogP contribution in [-0.2, 0) is 5.41 Å². The van der Waals surface area contributed by atoms with Gasteiger partial charge in [-0.15, -0.1) is 0 Å². The summed E-state index contributed by atoms with van der Waals surface area (Å²) in [5, 5.41) is 7.15. The number of nitrogens with zero attached hydrogens (tertiary/aromatic N) is 2. The van der Waals surface area contributed by atoms with Gasteiger partial charge in [0.1, 0.15) is 5.58 Å². The molecule has 14 aromatic rings. The summed E-state index contributed by atoms with van der Waals surface area (Å²) >= 11 is 0. The maximum absolute atomic E-state index is 7.01. The standard InChI is InChI=1S/C85H78N2O/c1-5-7-9-11-13-22-48-85(49-23-14-12-10-8-6-2)77-55-64(61-36-34-60(35-37-61)59-32-30-57(3)31-33-59)38-42-69(77)70-43-39-65(56-78(70)85)66-50-58(4)51-68(52-66)87-81-47-41-63(54-76(81)73-44-45-74-72-27-19-21-29-82(72)88-84(74)83(73)87)62-40-46-80-75(53-62)71-26-18-20-28-79(71)86(80)67-24-16-15-17-25-67/h15-21,24-47,50-56H,5-14,22-23,48-49H2,1-4H3. The molecule has 0 fully saturated rings. The van der Waals surface area contributed by atoms with Gasteiger partial charge in [0.25, 0.3) is 0 Å². The number of aromatic nitrogens is 2. The Morgan fingerprint density at radius 1 is 0.318 bits per heavy atom. The third-order valence-corrected chi connectivity index (χ3v) is 19.8. The molecule has 3 aromatic heterocycles. The number of aryl methyl sites for hydroxylation is 2. The van der Waals surface area contributed by atoms with Crippen molar-refractivity contribution in [2.24, 2.45) is 0 Å². The number of unbranched alkanes of at least 4 members (excludes halogenated alkanes) is 10. The van der Waals surface area contributed by atoms with Crippen molar-refractivity contribution in [3.63, 3.8) is 0 Å². The number of hydrogen-bond donors (Lipinski definition) is 0. The second-order valence-electron chi connectivity index (χ2n) is 25.6. The highest BCUT2D eigenvalue weighted by atomic mass is 16.3. The lowest BCUT2D eigenvalue weighted by atomic mass is 9.70. The number of hydrogen-bond acceptors (Lipinski definition) is 1. The van der Waals surface area contributed by atoms with Crippen LogP contribution < -0.4 is 0 Å². The second-order valence-corrected chi connectivity index (χ2v) is 25.6. The Bertz CT molecular complexity index is 4880. The van der Waals surface area contributed by atoms with Crippen molar-refractivity contribution in [3.8, 4) is 67.0 Å². The zero-order valence-electron chi connectivity index (χ0n) is 51.6. The summed E-state index contributed by atoms with van der Waals surface area (Å²) < 4.78 is 11.9. The summed E-state index contributed by atoms with van der Waals surface area (Å²) in [6.45, 7) is 9.10. The second kappa shape index (κ2) is 23.5. The summed E-state index contributed by atoms with van der Waals surface area (Å²) in [7, 11) is 0. The highest BCUT2D eigenvalue weighted by molar-refractivity contribution is 6.22. The quantitative estimate of drug-likeness (QED) is 0.0698. The molecule has 88 heavy (non-hydrogen) atoms. The molecule has 15 rings (SSSR count). The Labute approximate surface area is 518 Å². The highest BCUT2D eigenvalue weighted by Crippen LogP contribution is 2.56. The first kappa shape index (κ1) is 55.4. The molecule has 0 unspecified atom stereocenters. The van der Waals surface area contributed by atoms with Gasteiger partial charge < -0.3 is 13.6 Å². The molecule has 0 amide bonds. The van der Waals surface area contributed by atoms with Gasteiger partial charge in [-0.3, -0.25) is 0 Å². The van der Waals surface area contributed by atoms with Crippen molar-refractivity contribution in [2.45, 2.75) is 123 Å². The molecule has 0 spiro atoms. The summed E-state index contributed by atoms with van der Waals surface area (Å²) in [5.74, 6) is 0. The van der Waals surface area contributed by atoms with Gasteiger partial charge in [-0.1, -0.05) is 248 Å². The number of furan rings is 1. The Balaban J connectivity index is 0.863. The van der Waals surface area contributed by atoms with Crippen LogP contribution in [0.5, 0.6) is 0 Å². The third kappa shape index (κ3) is 9.84. The lowest BCUT2D eigenvalue weighted by Crippen LogP contribution is -2.25. The maximum Gasteiger partial charge on any atom is 0.160 e. The average molecular weight is 1140 g/mol. The van der Waals surface area contributed by atoms with Crippen molar-refractivity contribution < 1.29 is 4.42 Å². The van der Waals surface area contributed by atoms with Crippen LogP contribution in [0.15, 0.2) is 235 Å². The van der Waals surface area contributed by atoms with Crippen LogP contribution in [0.4, 0.5) is 0 Å². The molecule has 0 bridgehead atoms. The fourth-order valence-electron chi connectivity index (χ4n) is 15.3. The minimum absolute atomic E-state index is 0.0956. The lowest BCUT2D eigenvalue weighted by molar-refractivity contribution is 0.398. The van der Waals surface area contributed by atoms with Crippen molar-refractivity contribution in [2.75, 3.05) is 0 Å². The predicted octanol–water partition coefficient (Wildman–Crippen LogP) is 24.8. The van der Waals surface area contributed by atoms with Crippen LogP contribution >= 0.6 is 0 Å². The molecule has 3 nitrogen and oxygen atoms in total. The van der Waals surface area contributed by atoms with E-state index in [1.807, 2.05) is 0 Å². The van der Waals surface area contributed by atoms with Crippen molar-refractivity contribution >= 4 is 65.6 Å². The molecule has 11 aromatic carbocycles. The van der Waals surface area contributed by atoms with E-state index >= 15 is 0 Å². The zero-order chi connectivity index (χ0) is 59.3. The van der Waals surface area contributed by atoms with Gasteiger partial charge in [0.15, 0.2) is 5.58 Å². The molecular formula is C85H78N2O. The molecule has 434 valence electrons. The summed E-state index contributed by atoms with van der Waals surface area (Å²) in [6, 6.07) is 87.4. The minimum atomic E-state index is -0.0956. The molecule has 0 aliphatic heterocycles. The lowest BCUT2D eigenvalue weighted by Gasteiger charge is -2.33. The monoisotopic (exact) mass is 1140 g/mol. The number of para-hydroxylation sites is 3. The molecular weight excluding hydrogens is 1060 g/mol. The Morgan fingerprint density at radius 3 is 1.47 bits per heavy atom. The third-order valence-electron chi connectivity index (χ3n) is 19.8. The molecule has 1 aliphatic carbocycles. The fourth-order valence-corrected chi connectivity index (χ4v) is 15.3. The molecule has 0 radical (unpaired) electrons. The first-order chi connectivity index (χ1) is 43.3. The zero-order valence-corrected chi connectivity index (χ0v) is 51.6. The van der Waals surface area contributed by atoms with E-state index in [1.165, 1.54) is 193 Å². The molecule has 0 atom stereocenters. The first-order valence-corrected chi connectivity index (χ1v) is 32.9. The summed E-state index contributed by atoms with van der Waals surface area (Å²) in [5.41, 5.74) is 27.1. The predicted molar refractivity (Wildman–Crippen MR) is 376 cm³/mol. The molecule has 1 aliphatic rings. The van der Waals surface area contributed by atoms with Crippen LogP contribution in [0.3, 0.4) is 0 Å². The number of benzene rings is 11. The number of rotatable bonds is 20. The van der Waals surface area contributed by atoms with Crippen molar-refractivity contribution in [3.05, 3.63) is 253 Å². The van der Waals surface area contributed by atoms with E-state index in [0.717, 1.165) is 51.5 Å². The van der Waals surface area contributed by atoms with Crippen molar-refractivity contribution in [1.82, 2.24) is 9.13 Å². The van der Waals surface area contributed by atoms with Crippen LogP contribution in [0.2, 0.25) is 0 Å². The van der Waals surface area contributed by atoms with Crippen molar-refractivity contribution in [1.29, 1.82) is 0 Å². The van der Waals surface area contributed by atoms with Crippen LogP contribution in [0, 0.1) is 13.8 Å². The Morgan fingerprint density at radius 2 is 0.807 bits per heavy atom. The molecule has 0 saturated heterocycles. The minimum Gasteiger partial charge on any atom is -0.454 e. The molecule has 0 N–H and O–H groups in total. The largest absolute Gasteiger partial charge is 0.454 e. The van der Waals surface area contributed by atoms with E-state index in [1.54, 1.807) is 0 Å². The van der Waals surface area contributed by atoms with Gasteiger partial charge >= 0.3 is 0 Å². The SMILES string of the molecule is CCCCCCCCC1(CCCCCCCC)c2cc(-c3ccc(-c4ccc(C)cc4)cc3)ccc2-c2ccc(-c3cc(C)cc(-n4c5ccc(-c6ccc7c(c6)c6ccccc6n7-c6ccccc6)cc5c5ccc6c7ccccc7oc6c54)c3)cc21. The molecule has 3 heteroatoms. The Kier molecular flexibility index (Phi) is 14.8. The van der Waals surface area contributed by atoms with E-state index in [9.17, 15) is 0 Å². The molecule has 3 heterocycles. The van der Waals surface area contributed by atoms with Gasteiger partial charge in [-0.25, -0.2) is 0 Å². The topological polar surface area (TPSA) is 23.0 Å². The van der Waals surface area contributed by atoms with Gasteiger partial charge in [0.2, 0.25) is 0 Å². The highest BCUT2D eigenvalue weighted by Gasteiger charge is 2.43. The van der Waals surface area contributed by atoms with Gasteiger partial charge in [0.05, 0.1) is 22.1 Å². The van der Waals surface area contributed by atoms with E-state index in [-0.39, 0.29) is 5.41 Å². The average Bonchev–Trinajstić information content (AvgIpc) is 1.85. The summed E-state index contributed by atoms with van der Waals surface area (Å²) in [4.78, 5) is 0. The normalized spacial score (nSPS) is 12.8. The van der Waals surface area contributed by atoms with E-state index < -0.39 is 0 Å². The fraction of sp³-hybridized carbons (Fsp3) is 0.224. The van der Waals surface area contributed by atoms with Gasteiger partial charge in [-0.2, -0.15) is 0 Å². The Hall–Kier alpha value is -9.18.